The maximum Gasteiger partial charge on any atom is 0.340 e. The summed E-state index contributed by atoms with van der Waals surface area (Å²) >= 11 is 0. The van der Waals surface area contributed by atoms with E-state index in [1.165, 1.54) is 12.1 Å². The van der Waals surface area contributed by atoms with Crippen molar-refractivity contribution in [1.29, 1.82) is 0 Å². The molecule has 0 saturated heterocycles. The predicted molar refractivity (Wildman–Crippen MR) is 73.1 cm³/mol. The lowest BCUT2D eigenvalue weighted by molar-refractivity contribution is 0.0595. The van der Waals surface area contributed by atoms with Crippen molar-refractivity contribution in [3.05, 3.63) is 59.2 Å². The van der Waals surface area contributed by atoms with Crippen LogP contribution in [0, 0.1) is 11.6 Å². The highest BCUT2D eigenvalue weighted by Crippen LogP contribution is 2.21. The summed E-state index contributed by atoms with van der Waals surface area (Å²) in [6.45, 7) is 0.253. The second kappa shape index (κ2) is 6.21. The number of carbonyl (C=O) groups is 1. The molecule has 0 heterocycles. The number of rotatable bonds is 4. The minimum Gasteiger partial charge on any atom is -0.508 e. The van der Waals surface area contributed by atoms with Gasteiger partial charge in [-0.1, -0.05) is 12.1 Å². The molecule has 0 bridgehead atoms. The quantitative estimate of drug-likeness (QED) is 0.851. The third-order valence-corrected chi connectivity index (χ3v) is 2.88. The fourth-order valence-corrected chi connectivity index (χ4v) is 1.76. The highest BCUT2D eigenvalue weighted by molar-refractivity contribution is 5.90. The molecule has 0 amide bonds. The molecular weight excluding hydrogens is 280 g/mol. The number of methoxy groups -OCH3 is 1. The van der Waals surface area contributed by atoms with Crippen molar-refractivity contribution in [2.24, 2.45) is 0 Å². The van der Waals surface area contributed by atoms with E-state index in [-0.39, 0.29) is 23.5 Å². The minimum atomic E-state index is -0.977. The van der Waals surface area contributed by atoms with Crippen LogP contribution in [0.4, 0.5) is 14.5 Å². The number of benzene rings is 2. The number of ether oxygens (including phenoxy) is 1. The molecule has 21 heavy (non-hydrogen) atoms. The molecule has 0 aromatic heterocycles. The van der Waals surface area contributed by atoms with E-state index in [0.717, 1.165) is 18.7 Å². The minimum absolute atomic E-state index is 0.00937. The number of hydrogen-bond acceptors (Lipinski definition) is 4. The first-order valence-corrected chi connectivity index (χ1v) is 6.10. The van der Waals surface area contributed by atoms with E-state index in [1.54, 1.807) is 12.1 Å². The normalized spacial score (nSPS) is 10.2. The van der Waals surface area contributed by atoms with Crippen LogP contribution < -0.4 is 5.32 Å². The van der Waals surface area contributed by atoms with E-state index in [1.807, 2.05) is 0 Å². The van der Waals surface area contributed by atoms with E-state index < -0.39 is 17.6 Å². The number of phenolic OH excluding ortho intramolecular Hbond substituents is 1. The highest BCUT2D eigenvalue weighted by atomic mass is 19.1. The molecule has 110 valence electrons. The van der Waals surface area contributed by atoms with Crippen LogP contribution in [-0.2, 0) is 11.3 Å². The first-order valence-electron chi connectivity index (χ1n) is 6.10. The lowest BCUT2D eigenvalue weighted by Gasteiger charge is -2.10. The summed E-state index contributed by atoms with van der Waals surface area (Å²) in [5.41, 5.74) is 0.438. The molecular formula is C15H13F2NO3. The van der Waals surface area contributed by atoms with Gasteiger partial charge in [0.15, 0.2) is 0 Å². The Kier molecular flexibility index (Phi) is 4.37. The van der Waals surface area contributed by atoms with Crippen molar-refractivity contribution < 1.29 is 23.4 Å². The molecule has 0 atom stereocenters. The van der Waals surface area contributed by atoms with Crippen molar-refractivity contribution in [3.63, 3.8) is 0 Å². The van der Waals surface area contributed by atoms with Crippen LogP contribution in [0.25, 0.3) is 0 Å². The SMILES string of the molecule is COC(=O)c1cc(NCc2ccc(O)cc2)c(F)cc1F. The summed E-state index contributed by atoms with van der Waals surface area (Å²) in [5.74, 6) is -2.53. The Balaban J connectivity index is 2.19. The molecule has 2 N–H and O–H groups in total. The Morgan fingerprint density at radius 2 is 1.86 bits per heavy atom. The number of carbonyl (C=O) groups excluding carboxylic acids is 1. The van der Waals surface area contributed by atoms with Gasteiger partial charge in [-0.3, -0.25) is 0 Å². The molecule has 0 unspecified atom stereocenters. The maximum absolute atomic E-state index is 13.7. The number of phenols is 1. The Labute approximate surface area is 120 Å². The molecule has 0 aliphatic carbocycles. The summed E-state index contributed by atoms with van der Waals surface area (Å²) in [6.07, 6.45) is 0. The van der Waals surface area contributed by atoms with E-state index in [0.29, 0.717) is 6.07 Å². The van der Waals surface area contributed by atoms with Crippen molar-refractivity contribution in [2.75, 3.05) is 12.4 Å². The fraction of sp³-hybridized carbons (Fsp3) is 0.133. The molecule has 0 fully saturated rings. The van der Waals surface area contributed by atoms with E-state index in [2.05, 4.69) is 10.1 Å². The molecule has 0 aliphatic rings. The van der Waals surface area contributed by atoms with Gasteiger partial charge in [0.1, 0.15) is 17.4 Å². The van der Waals surface area contributed by atoms with Crippen LogP contribution in [0.5, 0.6) is 5.75 Å². The van der Waals surface area contributed by atoms with Gasteiger partial charge in [0, 0.05) is 12.6 Å². The van der Waals surface area contributed by atoms with Gasteiger partial charge in [0.2, 0.25) is 0 Å². The van der Waals surface area contributed by atoms with Crippen molar-refractivity contribution in [3.8, 4) is 5.75 Å². The number of nitrogens with one attached hydrogen (secondary N) is 1. The van der Waals surface area contributed by atoms with Crippen LogP contribution >= 0.6 is 0 Å². The number of halogens is 2. The topological polar surface area (TPSA) is 58.6 Å². The summed E-state index contributed by atoms with van der Waals surface area (Å²) < 4.78 is 31.6. The second-order valence-electron chi connectivity index (χ2n) is 4.32. The van der Waals surface area contributed by atoms with Gasteiger partial charge < -0.3 is 15.2 Å². The third kappa shape index (κ3) is 3.47. The molecule has 0 saturated carbocycles. The highest BCUT2D eigenvalue weighted by Gasteiger charge is 2.16. The predicted octanol–water partition coefficient (Wildman–Crippen LogP) is 3.07. The third-order valence-electron chi connectivity index (χ3n) is 2.88. The monoisotopic (exact) mass is 293 g/mol. The molecule has 0 spiro atoms. The zero-order valence-electron chi connectivity index (χ0n) is 11.2. The standard InChI is InChI=1S/C15H13F2NO3/c1-21-15(20)11-6-14(13(17)7-12(11)16)18-8-9-2-4-10(19)5-3-9/h2-7,18-19H,8H2,1H3. The average molecular weight is 293 g/mol. The van der Waals surface area contributed by atoms with Crippen molar-refractivity contribution >= 4 is 11.7 Å². The molecule has 2 aromatic carbocycles. The molecule has 6 heteroatoms. The maximum atomic E-state index is 13.7. The average Bonchev–Trinajstić information content (AvgIpc) is 2.47. The number of anilines is 1. The second-order valence-corrected chi connectivity index (χ2v) is 4.32. The zero-order chi connectivity index (χ0) is 15.4. The van der Waals surface area contributed by atoms with Gasteiger partial charge in [0.05, 0.1) is 18.4 Å². The smallest absolute Gasteiger partial charge is 0.340 e. The molecule has 4 nitrogen and oxygen atoms in total. The van der Waals surface area contributed by atoms with Crippen LogP contribution in [0.3, 0.4) is 0 Å². The zero-order valence-corrected chi connectivity index (χ0v) is 11.2. The van der Waals surface area contributed by atoms with E-state index in [9.17, 15) is 13.6 Å². The molecule has 0 radical (unpaired) electrons. The van der Waals surface area contributed by atoms with Gasteiger partial charge in [0.25, 0.3) is 0 Å². The summed E-state index contributed by atoms with van der Waals surface area (Å²) in [5, 5.41) is 11.9. The van der Waals surface area contributed by atoms with Crippen LogP contribution in [0.15, 0.2) is 36.4 Å². The van der Waals surface area contributed by atoms with Crippen LogP contribution in [-0.4, -0.2) is 18.2 Å². The van der Waals surface area contributed by atoms with E-state index in [4.69, 9.17) is 5.11 Å². The summed E-state index contributed by atoms with van der Waals surface area (Å²) in [6, 6.07) is 8.01. The number of hydrogen-bond donors (Lipinski definition) is 2. The van der Waals surface area contributed by atoms with Gasteiger partial charge in [-0.15, -0.1) is 0 Å². The first kappa shape index (κ1) is 14.8. The lowest BCUT2D eigenvalue weighted by Crippen LogP contribution is -2.08. The van der Waals surface area contributed by atoms with Crippen molar-refractivity contribution in [1.82, 2.24) is 0 Å². The van der Waals surface area contributed by atoms with Crippen LogP contribution in [0.2, 0.25) is 0 Å². The molecule has 0 aliphatic heterocycles. The number of aromatic hydroxyl groups is 1. The molecule has 2 aromatic rings. The van der Waals surface area contributed by atoms with Gasteiger partial charge in [-0.25, -0.2) is 13.6 Å². The van der Waals surface area contributed by atoms with Gasteiger partial charge >= 0.3 is 5.97 Å². The largest absolute Gasteiger partial charge is 0.508 e. The Morgan fingerprint density at radius 1 is 1.19 bits per heavy atom. The fourth-order valence-electron chi connectivity index (χ4n) is 1.76. The Morgan fingerprint density at radius 3 is 2.48 bits per heavy atom. The Hall–Kier alpha value is -2.63. The van der Waals surface area contributed by atoms with Gasteiger partial charge in [-0.05, 0) is 23.8 Å². The van der Waals surface area contributed by atoms with E-state index >= 15 is 0 Å². The summed E-state index contributed by atoms with van der Waals surface area (Å²) in [4.78, 5) is 11.4. The number of esters is 1. The van der Waals surface area contributed by atoms with Gasteiger partial charge in [-0.2, -0.15) is 0 Å². The Bertz CT molecular complexity index is 657. The van der Waals surface area contributed by atoms with Crippen LogP contribution in [0.1, 0.15) is 15.9 Å². The first-order chi connectivity index (χ1) is 10.0. The summed E-state index contributed by atoms with van der Waals surface area (Å²) in [7, 11) is 1.12. The molecule has 2 rings (SSSR count). The van der Waals surface area contributed by atoms with Crippen molar-refractivity contribution in [2.45, 2.75) is 6.54 Å². The lowest BCUT2D eigenvalue weighted by atomic mass is 10.1.